The molecule has 3 N–H and O–H groups in total. The highest BCUT2D eigenvalue weighted by Crippen LogP contribution is 2.57. The van der Waals surface area contributed by atoms with Gasteiger partial charge >= 0.3 is 13.1 Å². The third-order valence-corrected chi connectivity index (χ3v) is 23.1. The first kappa shape index (κ1) is 109. The van der Waals surface area contributed by atoms with Crippen molar-refractivity contribution < 1.29 is 133 Å². The van der Waals surface area contributed by atoms with Crippen molar-refractivity contribution in [2.75, 3.05) is 325 Å². The van der Waals surface area contributed by atoms with E-state index in [1.807, 2.05) is 0 Å². The predicted octanol–water partition coefficient (Wildman–Crippen LogP) is 11.6. The minimum absolute atomic E-state index is 0.134. The van der Waals surface area contributed by atoms with Gasteiger partial charge in [0.2, 0.25) is 0 Å². The standard InChI is InChI=1S/C99H154BNO28/c1-96(2)97(3,4)129-100(128-96)86-22-26-88-87-23-20-84(77-91(87)98(5,92(88)80-86)27-8-9-30-101)85-21-25-90-89-24-19-83(82-17-15-81(16-18-82)13-10-14-95(102)103)78-93(89)99(94(90)79-85,28-11-31-106-37-39-110-45-47-114-53-55-118-61-63-122-69-71-126-75-73-124-67-65-120-59-57-116-51-49-112-43-41-108-35-33-104-6)29-12-32-107-38-40-111-46-48-115-54-56-119-62-64-123-70-72-127-76-74-125-68-66-121-60-58-117-52-50-113-44-42-109-36-34-105-7/h15-26,77-80H,8-14,27-76,101H2,1-7H3,(H,102,103). The molecule has 0 bridgehead atoms. The van der Waals surface area contributed by atoms with Crippen LogP contribution < -0.4 is 11.2 Å². The largest absolute Gasteiger partial charge is 0.494 e. The van der Waals surface area contributed by atoms with E-state index in [1.54, 1.807) is 14.2 Å². The maximum atomic E-state index is 11.4. The topological polar surface area (TPSA) is 303 Å². The van der Waals surface area contributed by atoms with Gasteiger partial charge in [0.05, 0.1) is 302 Å². The quantitative estimate of drug-likeness (QED) is 0.0270. The van der Waals surface area contributed by atoms with Gasteiger partial charge in [0.25, 0.3) is 0 Å². The van der Waals surface area contributed by atoms with E-state index in [0.717, 1.165) is 78.2 Å². The van der Waals surface area contributed by atoms with Crippen molar-refractivity contribution >= 4 is 18.6 Å². The fourth-order valence-corrected chi connectivity index (χ4v) is 15.5. The van der Waals surface area contributed by atoms with E-state index in [4.69, 9.17) is 129 Å². The molecule has 726 valence electrons. The lowest BCUT2D eigenvalue weighted by molar-refractivity contribution is -0.137. The number of nitrogens with two attached hydrogens (primary N) is 1. The van der Waals surface area contributed by atoms with E-state index in [-0.39, 0.29) is 11.8 Å². The molecule has 0 spiro atoms. The Morgan fingerprint density at radius 1 is 0.295 bits per heavy atom. The summed E-state index contributed by atoms with van der Waals surface area (Å²) in [4.78, 5) is 11.4. The van der Waals surface area contributed by atoms with Gasteiger partial charge in [-0.25, -0.2) is 0 Å². The maximum absolute atomic E-state index is 11.4. The second kappa shape index (κ2) is 66.1. The van der Waals surface area contributed by atoms with Crippen LogP contribution in [0.15, 0.2) is 97.1 Å². The Hall–Kier alpha value is -5.45. The Kier molecular flexibility index (Phi) is 55.8. The highest BCUT2D eigenvalue weighted by molar-refractivity contribution is 6.62. The Balaban J connectivity index is 0.784. The second-order valence-corrected chi connectivity index (χ2v) is 32.9. The first-order chi connectivity index (χ1) is 63.2. The van der Waals surface area contributed by atoms with E-state index in [0.29, 0.717) is 323 Å². The molecule has 8 rings (SSSR count). The van der Waals surface area contributed by atoms with Gasteiger partial charge in [-0.3, -0.25) is 4.79 Å². The number of methoxy groups -OCH3 is 2. The fourth-order valence-electron chi connectivity index (χ4n) is 15.5. The maximum Gasteiger partial charge on any atom is 0.494 e. The van der Waals surface area contributed by atoms with Gasteiger partial charge in [0.1, 0.15) is 0 Å². The predicted molar refractivity (Wildman–Crippen MR) is 495 cm³/mol. The van der Waals surface area contributed by atoms with Crippen LogP contribution in [-0.4, -0.2) is 354 Å². The molecule has 5 aromatic rings. The van der Waals surface area contributed by atoms with Crippen LogP contribution in [0.25, 0.3) is 44.5 Å². The number of hydrogen-bond acceptors (Lipinski definition) is 28. The Bertz CT molecular complexity index is 3640. The number of benzene rings is 5. The summed E-state index contributed by atoms with van der Waals surface area (Å²) in [5, 5.41) is 9.40. The summed E-state index contributed by atoms with van der Waals surface area (Å²) in [6.07, 6.45) is 7.49. The molecular weight excluding hydrogens is 1660 g/mol. The van der Waals surface area contributed by atoms with Gasteiger partial charge in [-0.1, -0.05) is 92.2 Å². The van der Waals surface area contributed by atoms with Gasteiger partial charge in [-0.2, -0.15) is 0 Å². The molecule has 30 heteroatoms. The lowest BCUT2D eigenvalue weighted by atomic mass is 9.70. The zero-order valence-corrected chi connectivity index (χ0v) is 78.7. The monoisotopic (exact) mass is 1820 g/mol. The van der Waals surface area contributed by atoms with Crippen molar-refractivity contribution in [3.05, 3.63) is 125 Å². The molecule has 1 atom stereocenters. The number of rotatable bonds is 85. The SMILES string of the molecule is COCCOCCOCCOCCOCCOCCOCCOCCOCCOCCOCCOCCCC1(CCCOCCOCCOCCOCCOCCOCCOCCOCCOCCOCCOCCOC)c2cc(-c3ccc(CCCC(=O)O)cc3)ccc2-c2ccc(-c3ccc4c(c3)C(C)(CCCCN)c3cc(B5OC(C)(C)C(C)(C)O5)ccc3-4)cc21. The molecular formula is C99H154BNO28. The zero-order chi connectivity index (χ0) is 91.2. The summed E-state index contributed by atoms with van der Waals surface area (Å²) >= 11 is 0. The molecule has 0 amide bonds. The third-order valence-electron chi connectivity index (χ3n) is 23.1. The summed E-state index contributed by atoms with van der Waals surface area (Å²) < 4.78 is 149. The van der Waals surface area contributed by atoms with Crippen molar-refractivity contribution in [2.45, 2.75) is 121 Å². The molecule has 129 heavy (non-hydrogen) atoms. The van der Waals surface area contributed by atoms with Crippen LogP contribution in [0.3, 0.4) is 0 Å². The Labute approximate surface area is 768 Å². The van der Waals surface area contributed by atoms with Crippen molar-refractivity contribution in [3.8, 4) is 44.5 Å². The van der Waals surface area contributed by atoms with Gasteiger partial charge in [0.15, 0.2) is 0 Å². The lowest BCUT2D eigenvalue weighted by Crippen LogP contribution is -2.41. The first-order valence-corrected chi connectivity index (χ1v) is 46.9. The van der Waals surface area contributed by atoms with Crippen LogP contribution in [0.5, 0.6) is 0 Å². The molecule has 2 aliphatic carbocycles. The minimum atomic E-state index is -0.783. The molecule has 5 aromatic carbocycles. The molecule has 1 aliphatic heterocycles. The molecule has 1 saturated heterocycles. The highest BCUT2D eigenvalue weighted by atomic mass is 16.7. The van der Waals surface area contributed by atoms with Gasteiger partial charge in [0, 0.05) is 44.7 Å². The molecule has 1 fully saturated rings. The number of fused-ring (bicyclic) bond motifs is 6. The Morgan fingerprint density at radius 2 is 0.550 bits per heavy atom. The van der Waals surface area contributed by atoms with Gasteiger partial charge < -0.3 is 134 Å². The van der Waals surface area contributed by atoms with E-state index >= 15 is 0 Å². The van der Waals surface area contributed by atoms with E-state index in [9.17, 15) is 9.90 Å². The summed E-state index contributed by atoms with van der Waals surface area (Å²) in [7, 11) is 2.81. The number of carboxylic acids is 1. The average molecular weight is 1820 g/mol. The number of carboxylic acid groups (broad SMARTS) is 1. The van der Waals surface area contributed by atoms with Gasteiger partial charge in [-0.05, 0) is 182 Å². The third kappa shape index (κ3) is 40.6. The van der Waals surface area contributed by atoms with Gasteiger partial charge in [-0.15, -0.1) is 0 Å². The molecule has 3 aliphatic rings. The van der Waals surface area contributed by atoms with Crippen LogP contribution >= 0.6 is 0 Å². The number of carbonyl (C=O) groups is 1. The van der Waals surface area contributed by atoms with Crippen molar-refractivity contribution in [1.29, 1.82) is 0 Å². The molecule has 0 radical (unpaired) electrons. The normalized spacial score (nSPS) is 15.2. The number of aliphatic carboxylic acids is 1. The second-order valence-electron chi connectivity index (χ2n) is 32.9. The van der Waals surface area contributed by atoms with Crippen molar-refractivity contribution in [3.63, 3.8) is 0 Å². The van der Waals surface area contributed by atoms with Crippen molar-refractivity contribution in [2.24, 2.45) is 5.73 Å². The van der Waals surface area contributed by atoms with Crippen molar-refractivity contribution in [1.82, 2.24) is 0 Å². The van der Waals surface area contributed by atoms with E-state index in [1.165, 1.54) is 44.5 Å². The average Bonchev–Trinajstić information content (AvgIpc) is 1.56. The zero-order valence-electron chi connectivity index (χ0n) is 78.7. The minimum Gasteiger partial charge on any atom is -0.481 e. The number of aryl methyl sites for hydroxylation is 1. The summed E-state index contributed by atoms with van der Waals surface area (Å²) in [6.45, 7) is 33.8. The first-order valence-electron chi connectivity index (χ1n) is 46.9. The van der Waals surface area contributed by atoms with Crippen LogP contribution in [-0.2, 0) is 145 Å². The lowest BCUT2D eigenvalue weighted by Gasteiger charge is -2.33. The number of unbranched alkanes of at least 4 members (excludes halogenated alkanes) is 1. The van der Waals surface area contributed by atoms with Crippen LogP contribution in [0, 0.1) is 0 Å². The molecule has 29 nitrogen and oxygen atoms in total. The number of ether oxygens (including phenoxy) is 24. The molecule has 1 unspecified atom stereocenters. The Morgan fingerprint density at radius 3 is 0.845 bits per heavy atom. The molecule has 1 heterocycles. The van der Waals surface area contributed by atoms with E-state index < -0.39 is 29.7 Å². The van der Waals surface area contributed by atoms with Crippen LogP contribution in [0.4, 0.5) is 0 Å². The molecule has 0 aromatic heterocycles. The smallest absolute Gasteiger partial charge is 0.481 e. The summed E-state index contributed by atoms with van der Waals surface area (Å²) in [5.74, 6) is -0.783. The summed E-state index contributed by atoms with van der Waals surface area (Å²) in [6, 6.07) is 36.6. The molecule has 0 saturated carbocycles. The van der Waals surface area contributed by atoms with E-state index in [2.05, 4.69) is 132 Å². The number of hydrogen-bond donors (Lipinski definition) is 2. The van der Waals surface area contributed by atoms with Crippen LogP contribution in [0.1, 0.15) is 120 Å². The highest BCUT2D eigenvalue weighted by Gasteiger charge is 2.52. The fraction of sp³-hybridized carbons (Fsp3) is 0.687. The van der Waals surface area contributed by atoms with Crippen LogP contribution in [0.2, 0.25) is 0 Å². The summed E-state index contributed by atoms with van der Waals surface area (Å²) in [5.41, 5.74) is 21.4.